The Balaban J connectivity index is 1.77. The van der Waals surface area contributed by atoms with Crippen LogP contribution in [0, 0.1) is 5.41 Å². The summed E-state index contributed by atoms with van der Waals surface area (Å²) in [6.45, 7) is 5.46. The normalized spacial score (nSPS) is 11.3. The lowest BCUT2D eigenvalue weighted by molar-refractivity contribution is -0.142. The third-order valence-electron chi connectivity index (χ3n) is 3.38. The second kappa shape index (κ2) is 6.23. The number of nitrogens with zero attached hydrogens (tertiary/aromatic N) is 4. The van der Waals surface area contributed by atoms with Gasteiger partial charge in [0.15, 0.2) is 0 Å². The van der Waals surface area contributed by atoms with Crippen LogP contribution in [0.15, 0.2) is 55.2 Å². The first-order valence-electron chi connectivity index (χ1n) is 7.57. The number of benzene rings is 1. The average Bonchev–Trinajstić information content (AvgIpc) is 3.05. The van der Waals surface area contributed by atoms with Gasteiger partial charge in [0.2, 0.25) is 0 Å². The van der Waals surface area contributed by atoms with Crippen LogP contribution in [-0.4, -0.2) is 25.7 Å². The van der Waals surface area contributed by atoms with Crippen molar-refractivity contribution in [1.29, 1.82) is 0 Å². The predicted octanol–water partition coefficient (Wildman–Crippen LogP) is 3.28. The number of carbonyl (C=O) groups is 1. The third-order valence-corrected chi connectivity index (χ3v) is 3.38. The van der Waals surface area contributed by atoms with Gasteiger partial charge in [0, 0.05) is 18.0 Å². The fraction of sp³-hybridized carbons (Fsp3) is 0.222. The Morgan fingerprint density at radius 3 is 2.50 bits per heavy atom. The Labute approximate surface area is 140 Å². The van der Waals surface area contributed by atoms with E-state index in [1.54, 1.807) is 29.2 Å². The molecule has 0 amide bonds. The Morgan fingerprint density at radius 1 is 1.12 bits per heavy atom. The van der Waals surface area contributed by atoms with Gasteiger partial charge in [-0.25, -0.2) is 14.6 Å². The fourth-order valence-electron chi connectivity index (χ4n) is 1.98. The summed E-state index contributed by atoms with van der Waals surface area (Å²) in [7, 11) is 0. The van der Waals surface area contributed by atoms with Crippen molar-refractivity contribution in [2.45, 2.75) is 20.8 Å². The SMILES string of the molecule is CC(C)(C)C(=O)Oc1ccc(-n2cc(-c3ccncn3)cn2)cc1. The van der Waals surface area contributed by atoms with Gasteiger partial charge in [0.1, 0.15) is 12.1 Å². The zero-order chi connectivity index (χ0) is 17.2. The van der Waals surface area contributed by atoms with Gasteiger partial charge in [-0.15, -0.1) is 0 Å². The molecule has 0 atom stereocenters. The van der Waals surface area contributed by atoms with Gasteiger partial charge >= 0.3 is 5.97 Å². The maximum absolute atomic E-state index is 11.9. The summed E-state index contributed by atoms with van der Waals surface area (Å²) in [5.41, 5.74) is 2.05. The van der Waals surface area contributed by atoms with Crippen LogP contribution in [0.25, 0.3) is 16.9 Å². The Kier molecular flexibility index (Phi) is 4.12. The van der Waals surface area contributed by atoms with E-state index in [1.807, 2.05) is 45.2 Å². The van der Waals surface area contributed by atoms with Crippen LogP contribution in [0.4, 0.5) is 0 Å². The molecule has 0 unspecified atom stereocenters. The van der Waals surface area contributed by atoms with Gasteiger partial charge in [0.25, 0.3) is 0 Å². The predicted molar refractivity (Wildman–Crippen MR) is 89.7 cm³/mol. The minimum Gasteiger partial charge on any atom is -0.426 e. The molecule has 3 rings (SSSR count). The molecule has 0 saturated heterocycles. The van der Waals surface area contributed by atoms with Crippen molar-refractivity contribution in [3.8, 4) is 22.7 Å². The highest BCUT2D eigenvalue weighted by molar-refractivity contribution is 5.77. The van der Waals surface area contributed by atoms with Gasteiger partial charge in [-0.3, -0.25) is 4.79 Å². The monoisotopic (exact) mass is 322 g/mol. The van der Waals surface area contributed by atoms with Gasteiger partial charge < -0.3 is 4.74 Å². The quantitative estimate of drug-likeness (QED) is 0.547. The smallest absolute Gasteiger partial charge is 0.316 e. The van der Waals surface area contributed by atoms with Crippen molar-refractivity contribution < 1.29 is 9.53 Å². The van der Waals surface area contributed by atoms with E-state index in [1.165, 1.54) is 6.33 Å². The van der Waals surface area contributed by atoms with E-state index in [2.05, 4.69) is 15.1 Å². The molecule has 0 N–H and O–H groups in total. The molecule has 0 aliphatic carbocycles. The number of esters is 1. The third kappa shape index (κ3) is 3.48. The van der Waals surface area contributed by atoms with Crippen LogP contribution < -0.4 is 4.74 Å². The molecule has 0 saturated carbocycles. The van der Waals surface area contributed by atoms with Crippen molar-refractivity contribution in [2.75, 3.05) is 0 Å². The molecule has 0 bridgehead atoms. The van der Waals surface area contributed by atoms with E-state index in [9.17, 15) is 4.79 Å². The second-order valence-corrected chi connectivity index (χ2v) is 6.40. The Hall–Kier alpha value is -3.02. The molecule has 122 valence electrons. The summed E-state index contributed by atoms with van der Waals surface area (Å²) < 4.78 is 7.10. The van der Waals surface area contributed by atoms with Crippen LogP contribution in [0.5, 0.6) is 5.75 Å². The summed E-state index contributed by atoms with van der Waals surface area (Å²) in [6.07, 6.45) is 6.83. The number of hydrogen-bond donors (Lipinski definition) is 0. The summed E-state index contributed by atoms with van der Waals surface area (Å²) in [4.78, 5) is 20.0. The summed E-state index contributed by atoms with van der Waals surface area (Å²) >= 11 is 0. The molecule has 2 heterocycles. The molecule has 0 aliphatic rings. The minimum absolute atomic E-state index is 0.264. The topological polar surface area (TPSA) is 69.9 Å². The van der Waals surface area contributed by atoms with Crippen molar-refractivity contribution in [3.05, 3.63) is 55.2 Å². The lowest BCUT2D eigenvalue weighted by atomic mass is 9.97. The highest BCUT2D eigenvalue weighted by Crippen LogP contribution is 2.22. The Morgan fingerprint density at radius 2 is 1.88 bits per heavy atom. The van der Waals surface area contributed by atoms with Gasteiger partial charge in [-0.05, 0) is 51.1 Å². The molecule has 24 heavy (non-hydrogen) atoms. The van der Waals surface area contributed by atoms with Gasteiger partial charge in [-0.1, -0.05) is 0 Å². The Bertz CT molecular complexity index is 833. The number of ether oxygens (including phenoxy) is 1. The van der Waals surface area contributed by atoms with E-state index in [-0.39, 0.29) is 5.97 Å². The van der Waals surface area contributed by atoms with E-state index in [0.717, 1.165) is 16.9 Å². The fourth-order valence-corrected chi connectivity index (χ4v) is 1.98. The van der Waals surface area contributed by atoms with E-state index in [0.29, 0.717) is 5.75 Å². The summed E-state index contributed by atoms with van der Waals surface area (Å²) in [5, 5.41) is 4.34. The van der Waals surface area contributed by atoms with Crippen LogP contribution in [0.2, 0.25) is 0 Å². The molecular weight excluding hydrogens is 304 g/mol. The van der Waals surface area contributed by atoms with Crippen LogP contribution in [0.3, 0.4) is 0 Å². The van der Waals surface area contributed by atoms with Crippen molar-refractivity contribution in [2.24, 2.45) is 5.41 Å². The zero-order valence-electron chi connectivity index (χ0n) is 13.8. The number of carbonyl (C=O) groups excluding carboxylic acids is 1. The van der Waals surface area contributed by atoms with Gasteiger partial charge in [-0.2, -0.15) is 5.10 Å². The zero-order valence-corrected chi connectivity index (χ0v) is 13.8. The maximum atomic E-state index is 11.9. The summed E-state index contributed by atoms with van der Waals surface area (Å²) in [6, 6.07) is 9.04. The lowest BCUT2D eigenvalue weighted by Crippen LogP contribution is -2.25. The van der Waals surface area contributed by atoms with Crippen molar-refractivity contribution in [3.63, 3.8) is 0 Å². The van der Waals surface area contributed by atoms with Crippen LogP contribution >= 0.6 is 0 Å². The standard InChI is InChI=1S/C18H18N4O2/c1-18(2,3)17(23)24-15-6-4-14(5-7-15)22-11-13(10-21-22)16-8-9-19-12-20-16/h4-12H,1-3H3. The molecular formula is C18H18N4O2. The molecule has 0 aliphatic heterocycles. The first-order valence-corrected chi connectivity index (χ1v) is 7.57. The highest BCUT2D eigenvalue weighted by atomic mass is 16.5. The molecule has 0 radical (unpaired) electrons. The largest absolute Gasteiger partial charge is 0.426 e. The van der Waals surface area contributed by atoms with Crippen molar-refractivity contribution in [1.82, 2.24) is 19.7 Å². The first kappa shape index (κ1) is 15.9. The molecule has 3 aromatic rings. The maximum Gasteiger partial charge on any atom is 0.316 e. The van der Waals surface area contributed by atoms with Crippen LogP contribution in [0.1, 0.15) is 20.8 Å². The first-order chi connectivity index (χ1) is 11.4. The highest BCUT2D eigenvalue weighted by Gasteiger charge is 2.23. The van der Waals surface area contributed by atoms with Crippen LogP contribution in [-0.2, 0) is 4.79 Å². The summed E-state index contributed by atoms with van der Waals surface area (Å²) in [5.74, 6) is 0.252. The lowest BCUT2D eigenvalue weighted by Gasteiger charge is -2.16. The molecule has 2 aromatic heterocycles. The average molecular weight is 322 g/mol. The van der Waals surface area contributed by atoms with E-state index < -0.39 is 5.41 Å². The molecule has 1 aromatic carbocycles. The van der Waals surface area contributed by atoms with E-state index >= 15 is 0 Å². The minimum atomic E-state index is -0.535. The molecule has 0 spiro atoms. The molecule has 6 nitrogen and oxygen atoms in total. The number of aromatic nitrogens is 4. The van der Waals surface area contributed by atoms with Gasteiger partial charge in [0.05, 0.1) is 23.0 Å². The number of hydrogen-bond acceptors (Lipinski definition) is 5. The second-order valence-electron chi connectivity index (χ2n) is 6.40. The molecule has 6 heteroatoms. The number of rotatable bonds is 3. The molecule has 0 fully saturated rings. The van der Waals surface area contributed by atoms with E-state index in [4.69, 9.17) is 4.74 Å². The van der Waals surface area contributed by atoms with Crippen molar-refractivity contribution >= 4 is 5.97 Å².